The third-order valence-electron chi connectivity index (χ3n) is 2.74. The molecular weight excluding hydrogens is 268 g/mol. The number of carboxylic acids is 1. The van der Waals surface area contributed by atoms with E-state index >= 15 is 0 Å². The van der Waals surface area contributed by atoms with Gasteiger partial charge in [-0.2, -0.15) is 0 Å². The van der Waals surface area contributed by atoms with Crippen LogP contribution < -0.4 is 5.73 Å². The van der Waals surface area contributed by atoms with Gasteiger partial charge < -0.3 is 15.8 Å². The van der Waals surface area contributed by atoms with E-state index in [1.165, 1.54) is 0 Å². The molecule has 1 aromatic heterocycles. The van der Waals surface area contributed by atoms with Gasteiger partial charge in [0.25, 0.3) is 0 Å². The molecule has 0 amide bonds. The highest BCUT2D eigenvalue weighted by Crippen LogP contribution is 2.29. The molecular formula is C11H8F4N2O2. The first-order chi connectivity index (χ1) is 8.84. The van der Waals surface area contributed by atoms with Gasteiger partial charge in [0.15, 0.2) is 23.3 Å². The molecule has 2 rings (SSSR count). The maximum atomic E-state index is 13.6. The lowest BCUT2D eigenvalue weighted by molar-refractivity contribution is -0.138. The number of carboxylic acid groups (broad SMARTS) is 1. The lowest BCUT2D eigenvalue weighted by Crippen LogP contribution is -2.32. The van der Waals surface area contributed by atoms with E-state index in [-0.39, 0.29) is 12.0 Å². The Morgan fingerprint density at radius 3 is 2.37 bits per heavy atom. The molecule has 0 spiro atoms. The second kappa shape index (κ2) is 4.54. The van der Waals surface area contributed by atoms with E-state index in [0.717, 1.165) is 6.20 Å². The highest BCUT2D eigenvalue weighted by Gasteiger charge is 2.25. The summed E-state index contributed by atoms with van der Waals surface area (Å²) in [5.74, 6) is -8.37. The minimum atomic E-state index is -1.95. The predicted octanol–water partition coefficient (Wildman–Crippen LogP) is 1.68. The molecule has 1 heterocycles. The molecule has 0 saturated heterocycles. The maximum Gasteiger partial charge on any atom is 0.320 e. The molecule has 0 bridgehead atoms. The van der Waals surface area contributed by atoms with E-state index in [1.807, 2.05) is 0 Å². The van der Waals surface area contributed by atoms with Gasteiger partial charge in [-0.1, -0.05) is 0 Å². The molecule has 0 radical (unpaired) electrons. The zero-order valence-corrected chi connectivity index (χ0v) is 9.31. The van der Waals surface area contributed by atoms with Crippen LogP contribution in [0.1, 0.15) is 5.56 Å². The van der Waals surface area contributed by atoms with E-state index < -0.39 is 46.2 Å². The van der Waals surface area contributed by atoms with Gasteiger partial charge in [-0.15, -0.1) is 0 Å². The second-order valence-electron chi connectivity index (χ2n) is 3.97. The highest BCUT2D eigenvalue weighted by molar-refractivity contribution is 5.85. The van der Waals surface area contributed by atoms with Gasteiger partial charge in [0, 0.05) is 18.0 Å². The van der Waals surface area contributed by atoms with Crippen LogP contribution >= 0.6 is 0 Å². The molecule has 0 aliphatic carbocycles. The number of hydrogen-bond donors (Lipinski definition) is 3. The lowest BCUT2D eigenvalue weighted by Gasteiger charge is -2.06. The average Bonchev–Trinajstić information content (AvgIpc) is 2.77. The van der Waals surface area contributed by atoms with E-state index in [9.17, 15) is 22.4 Å². The maximum absolute atomic E-state index is 13.6. The monoisotopic (exact) mass is 276 g/mol. The van der Waals surface area contributed by atoms with Gasteiger partial charge in [0.2, 0.25) is 0 Å². The predicted molar refractivity (Wildman–Crippen MR) is 57.4 cm³/mol. The van der Waals surface area contributed by atoms with Crippen LogP contribution in [-0.4, -0.2) is 22.1 Å². The number of fused-ring (bicyclic) bond motifs is 1. The Labute approximate surface area is 103 Å². The Hall–Kier alpha value is -2.09. The lowest BCUT2D eigenvalue weighted by atomic mass is 10.0. The molecule has 2 aromatic rings. The highest BCUT2D eigenvalue weighted by atomic mass is 19.2. The number of benzene rings is 1. The first-order valence-electron chi connectivity index (χ1n) is 5.14. The smallest absolute Gasteiger partial charge is 0.320 e. The van der Waals surface area contributed by atoms with Crippen molar-refractivity contribution >= 4 is 16.9 Å². The van der Waals surface area contributed by atoms with Gasteiger partial charge in [-0.3, -0.25) is 4.79 Å². The average molecular weight is 276 g/mol. The van der Waals surface area contributed by atoms with Crippen LogP contribution in [0, 0.1) is 23.3 Å². The molecule has 4 N–H and O–H groups in total. The molecule has 8 heteroatoms. The normalized spacial score (nSPS) is 12.9. The summed E-state index contributed by atoms with van der Waals surface area (Å²) in [6.07, 6.45) is 0.718. The second-order valence-corrected chi connectivity index (χ2v) is 3.97. The number of aliphatic carboxylic acids is 1. The Morgan fingerprint density at radius 1 is 1.21 bits per heavy atom. The molecule has 19 heavy (non-hydrogen) atoms. The van der Waals surface area contributed by atoms with Crippen LogP contribution in [0.25, 0.3) is 10.9 Å². The van der Waals surface area contributed by atoms with Crippen LogP contribution in [-0.2, 0) is 11.2 Å². The number of halogens is 4. The summed E-state index contributed by atoms with van der Waals surface area (Å²) >= 11 is 0. The van der Waals surface area contributed by atoms with Crippen molar-refractivity contribution in [1.82, 2.24) is 4.98 Å². The van der Waals surface area contributed by atoms with Crippen LogP contribution in [0.2, 0.25) is 0 Å². The summed E-state index contributed by atoms with van der Waals surface area (Å²) in [5.41, 5.74) is 4.65. The Morgan fingerprint density at radius 2 is 1.79 bits per heavy atom. The minimum absolute atomic E-state index is 0.0415. The molecule has 4 nitrogen and oxygen atoms in total. The van der Waals surface area contributed by atoms with Crippen molar-refractivity contribution in [3.63, 3.8) is 0 Å². The quantitative estimate of drug-likeness (QED) is 0.453. The fourth-order valence-corrected chi connectivity index (χ4v) is 1.79. The molecule has 0 aliphatic heterocycles. The molecule has 1 atom stereocenters. The summed E-state index contributed by atoms with van der Waals surface area (Å²) in [5, 5.41) is 8.10. The molecule has 102 valence electrons. The van der Waals surface area contributed by atoms with E-state index in [2.05, 4.69) is 4.98 Å². The number of carbonyl (C=O) groups is 1. The number of aromatic nitrogens is 1. The standard InChI is InChI=1S/C11H8F4N2O2/c12-6-5-3(1-4(16)11(18)19)2-17-10(5)9(15)8(14)7(6)13/h2,4,17H,1,16H2,(H,18,19). The van der Waals surface area contributed by atoms with Crippen molar-refractivity contribution in [3.05, 3.63) is 35.0 Å². The number of hydrogen-bond acceptors (Lipinski definition) is 2. The molecule has 0 saturated carbocycles. The van der Waals surface area contributed by atoms with E-state index in [4.69, 9.17) is 10.8 Å². The Kier molecular flexibility index (Phi) is 3.19. The van der Waals surface area contributed by atoms with Crippen molar-refractivity contribution in [2.75, 3.05) is 0 Å². The summed E-state index contributed by atoms with van der Waals surface area (Å²) in [6.45, 7) is 0. The number of nitrogens with two attached hydrogens (primary N) is 1. The number of nitrogens with one attached hydrogen (secondary N) is 1. The minimum Gasteiger partial charge on any atom is -0.480 e. The Balaban J connectivity index is 2.63. The van der Waals surface area contributed by atoms with E-state index in [0.29, 0.717) is 0 Å². The summed E-state index contributed by atoms with van der Waals surface area (Å²) in [4.78, 5) is 12.8. The summed E-state index contributed by atoms with van der Waals surface area (Å²) < 4.78 is 53.1. The number of aromatic amines is 1. The fourth-order valence-electron chi connectivity index (χ4n) is 1.79. The van der Waals surface area contributed by atoms with Crippen LogP contribution in [0.15, 0.2) is 6.20 Å². The van der Waals surface area contributed by atoms with Crippen molar-refractivity contribution in [3.8, 4) is 0 Å². The molecule has 0 fully saturated rings. The van der Waals surface area contributed by atoms with Gasteiger partial charge >= 0.3 is 5.97 Å². The fraction of sp³-hybridized carbons (Fsp3) is 0.182. The topological polar surface area (TPSA) is 79.1 Å². The molecule has 1 aromatic carbocycles. The van der Waals surface area contributed by atoms with Crippen LogP contribution in [0.3, 0.4) is 0 Å². The summed E-state index contributed by atoms with van der Waals surface area (Å²) in [7, 11) is 0. The SMILES string of the molecule is NC(Cc1c[nH]c2c(F)c(F)c(F)c(F)c12)C(=O)O. The van der Waals surface area contributed by atoms with Gasteiger partial charge in [0.05, 0.1) is 5.52 Å². The van der Waals surface area contributed by atoms with Crippen molar-refractivity contribution in [2.24, 2.45) is 5.73 Å². The first kappa shape index (κ1) is 13.3. The van der Waals surface area contributed by atoms with Crippen molar-refractivity contribution in [1.29, 1.82) is 0 Å². The molecule has 1 unspecified atom stereocenters. The number of H-pyrrole nitrogens is 1. The van der Waals surface area contributed by atoms with Gasteiger partial charge in [-0.25, -0.2) is 17.6 Å². The molecule has 0 aliphatic rings. The van der Waals surface area contributed by atoms with Crippen LogP contribution in [0.4, 0.5) is 17.6 Å². The third kappa shape index (κ3) is 2.03. The van der Waals surface area contributed by atoms with Gasteiger partial charge in [0.1, 0.15) is 6.04 Å². The van der Waals surface area contributed by atoms with Gasteiger partial charge in [-0.05, 0) is 5.56 Å². The zero-order chi connectivity index (χ0) is 14.3. The Bertz CT molecular complexity index is 668. The summed E-state index contributed by atoms with van der Waals surface area (Å²) in [6, 6.07) is -1.37. The van der Waals surface area contributed by atoms with E-state index in [1.54, 1.807) is 0 Å². The third-order valence-corrected chi connectivity index (χ3v) is 2.74. The largest absolute Gasteiger partial charge is 0.480 e. The first-order valence-corrected chi connectivity index (χ1v) is 5.14. The van der Waals surface area contributed by atoms with Crippen molar-refractivity contribution in [2.45, 2.75) is 12.5 Å². The van der Waals surface area contributed by atoms with Crippen molar-refractivity contribution < 1.29 is 27.5 Å². The zero-order valence-electron chi connectivity index (χ0n) is 9.31. The van der Waals surface area contributed by atoms with Crippen LogP contribution in [0.5, 0.6) is 0 Å². The number of rotatable bonds is 3.